The number of nitrogens with zero attached hydrogens (tertiary/aromatic N) is 2. The summed E-state index contributed by atoms with van der Waals surface area (Å²) in [5.74, 6) is 0.575. The lowest BCUT2D eigenvalue weighted by Gasteiger charge is -2.19. The Kier molecular flexibility index (Phi) is 8.27. The van der Waals surface area contributed by atoms with Crippen LogP contribution in [0.3, 0.4) is 0 Å². The maximum absolute atomic E-state index is 13.3. The SMILES string of the molecule is CC(CNC(=NCc1ccccc1)NCC(=O)N(C)C)Oc1cccc(F)c1. The number of rotatable bonds is 8. The Balaban J connectivity index is 1.94. The van der Waals surface area contributed by atoms with Crippen LogP contribution in [0.15, 0.2) is 59.6 Å². The van der Waals surface area contributed by atoms with E-state index >= 15 is 0 Å². The van der Waals surface area contributed by atoms with E-state index in [0.717, 1.165) is 5.56 Å². The van der Waals surface area contributed by atoms with E-state index in [9.17, 15) is 9.18 Å². The van der Waals surface area contributed by atoms with E-state index in [1.165, 1.54) is 17.0 Å². The van der Waals surface area contributed by atoms with Crippen molar-refractivity contribution in [1.82, 2.24) is 15.5 Å². The summed E-state index contributed by atoms with van der Waals surface area (Å²) in [6.07, 6.45) is -0.227. The van der Waals surface area contributed by atoms with Crippen LogP contribution in [0.5, 0.6) is 5.75 Å². The number of likely N-dealkylation sites (N-methyl/N-ethyl adjacent to an activating group) is 1. The number of hydrogen-bond donors (Lipinski definition) is 2. The van der Waals surface area contributed by atoms with Crippen molar-refractivity contribution in [3.05, 3.63) is 66.0 Å². The van der Waals surface area contributed by atoms with Crippen LogP contribution < -0.4 is 15.4 Å². The summed E-state index contributed by atoms with van der Waals surface area (Å²) in [6.45, 7) is 2.92. The Labute approximate surface area is 165 Å². The average Bonchev–Trinajstić information content (AvgIpc) is 2.67. The molecular weight excluding hydrogens is 359 g/mol. The van der Waals surface area contributed by atoms with Gasteiger partial charge in [-0.05, 0) is 24.6 Å². The Hall–Kier alpha value is -3.09. The number of hydrogen-bond acceptors (Lipinski definition) is 3. The number of ether oxygens (including phenoxy) is 1. The molecule has 1 atom stereocenters. The Bertz CT molecular complexity index is 781. The van der Waals surface area contributed by atoms with Crippen LogP contribution in [-0.4, -0.2) is 50.1 Å². The minimum absolute atomic E-state index is 0.0572. The van der Waals surface area contributed by atoms with Crippen molar-refractivity contribution in [2.75, 3.05) is 27.2 Å². The quantitative estimate of drug-likeness (QED) is 0.540. The Morgan fingerprint density at radius 3 is 2.57 bits per heavy atom. The minimum atomic E-state index is -0.341. The summed E-state index contributed by atoms with van der Waals surface area (Å²) in [4.78, 5) is 17.9. The fourth-order valence-electron chi connectivity index (χ4n) is 2.30. The number of carbonyl (C=O) groups is 1. The number of guanidine groups is 1. The average molecular weight is 386 g/mol. The zero-order valence-electron chi connectivity index (χ0n) is 16.5. The van der Waals surface area contributed by atoms with E-state index in [4.69, 9.17) is 4.74 Å². The highest BCUT2D eigenvalue weighted by Gasteiger charge is 2.09. The van der Waals surface area contributed by atoms with Crippen molar-refractivity contribution in [2.24, 2.45) is 4.99 Å². The molecule has 0 fully saturated rings. The number of nitrogens with one attached hydrogen (secondary N) is 2. The second kappa shape index (κ2) is 10.9. The predicted molar refractivity (Wildman–Crippen MR) is 109 cm³/mol. The van der Waals surface area contributed by atoms with E-state index < -0.39 is 0 Å². The normalized spacial score (nSPS) is 12.2. The first-order chi connectivity index (χ1) is 13.4. The number of carbonyl (C=O) groups excluding carboxylic acids is 1. The second-order valence-electron chi connectivity index (χ2n) is 6.56. The summed E-state index contributed by atoms with van der Waals surface area (Å²) >= 11 is 0. The van der Waals surface area contributed by atoms with Gasteiger partial charge in [0, 0.05) is 20.2 Å². The molecule has 6 nitrogen and oxygen atoms in total. The van der Waals surface area contributed by atoms with Crippen molar-refractivity contribution < 1.29 is 13.9 Å². The van der Waals surface area contributed by atoms with Gasteiger partial charge in [0.05, 0.1) is 19.6 Å². The zero-order valence-corrected chi connectivity index (χ0v) is 16.5. The first-order valence-electron chi connectivity index (χ1n) is 9.12. The molecule has 2 aromatic carbocycles. The van der Waals surface area contributed by atoms with Gasteiger partial charge in [0.25, 0.3) is 0 Å². The van der Waals surface area contributed by atoms with Crippen molar-refractivity contribution in [2.45, 2.75) is 19.6 Å². The lowest BCUT2D eigenvalue weighted by atomic mass is 10.2. The molecule has 0 aliphatic carbocycles. The zero-order chi connectivity index (χ0) is 20.4. The molecule has 0 saturated heterocycles. The molecule has 7 heteroatoms. The summed E-state index contributed by atoms with van der Waals surface area (Å²) < 4.78 is 19.0. The van der Waals surface area contributed by atoms with Gasteiger partial charge in [-0.3, -0.25) is 4.79 Å². The molecule has 0 aliphatic heterocycles. The smallest absolute Gasteiger partial charge is 0.241 e. The lowest BCUT2D eigenvalue weighted by molar-refractivity contribution is -0.127. The first-order valence-corrected chi connectivity index (χ1v) is 9.12. The molecular formula is C21H27FN4O2. The molecule has 2 N–H and O–H groups in total. The van der Waals surface area contributed by atoms with Crippen LogP contribution in [0.2, 0.25) is 0 Å². The van der Waals surface area contributed by atoms with Gasteiger partial charge < -0.3 is 20.3 Å². The standard InChI is InChI=1S/C21H27FN4O2/c1-16(28-19-11-7-10-18(22)12-19)13-23-21(25-15-20(27)26(2)3)24-14-17-8-5-4-6-9-17/h4-12,16H,13-15H2,1-3H3,(H2,23,24,25). The molecule has 0 spiro atoms. The monoisotopic (exact) mass is 386 g/mol. The largest absolute Gasteiger partial charge is 0.489 e. The van der Waals surface area contributed by atoms with Gasteiger partial charge in [-0.2, -0.15) is 0 Å². The van der Waals surface area contributed by atoms with Crippen molar-refractivity contribution in [3.8, 4) is 5.75 Å². The molecule has 0 heterocycles. The van der Waals surface area contributed by atoms with Crippen LogP contribution in [0.4, 0.5) is 4.39 Å². The van der Waals surface area contributed by atoms with Crippen LogP contribution in [0.25, 0.3) is 0 Å². The van der Waals surface area contributed by atoms with Gasteiger partial charge in [-0.1, -0.05) is 36.4 Å². The molecule has 0 saturated carbocycles. The molecule has 2 aromatic rings. The lowest BCUT2D eigenvalue weighted by Crippen LogP contribution is -2.45. The fraction of sp³-hybridized carbons (Fsp3) is 0.333. The highest BCUT2D eigenvalue weighted by atomic mass is 19.1. The van der Waals surface area contributed by atoms with E-state index in [2.05, 4.69) is 15.6 Å². The van der Waals surface area contributed by atoms with Gasteiger partial charge in [-0.15, -0.1) is 0 Å². The molecule has 0 aromatic heterocycles. The number of halogens is 1. The van der Waals surface area contributed by atoms with E-state index in [0.29, 0.717) is 24.8 Å². The third-order valence-corrected chi connectivity index (χ3v) is 3.86. The minimum Gasteiger partial charge on any atom is -0.489 e. The van der Waals surface area contributed by atoms with Gasteiger partial charge >= 0.3 is 0 Å². The first kappa shape index (κ1) is 21.2. The summed E-state index contributed by atoms with van der Waals surface area (Å²) in [6, 6.07) is 15.9. The van der Waals surface area contributed by atoms with E-state index in [1.54, 1.807) is 26.2 Å². The van der Waals surface area contributed by atoms with E-state index in [1.807, 2.05) is 37.3 Å². The second-order valence-corrected chi connectivity index (χ2v) is 6.56. The molecule has 2 rings (SSSR count). The van der Waals surface area contributed by atoms with E-state index in [-0.39, 0.29) is 24.4 Å². The van der Waals surface area contributed by atoms with Crippen molar-refractivity contribution in [3.63, 3.8) is 0 Å². The maximum atomic E-state index is 13.3. The van der Waals surface area contributed by atoms with Crippen LogP contribution in [0.1, 0.15) is 12.5 Å². The molecule has 1 amide bonds. The number of amides is 1. The predicted octanol–water partition coefficient (Wildman–Crippen LogP) is 2.42. The van der Waals surface area contributed by atoms with Crippen LogP contribution in [-0.2, 0) is 11.3 Å². The highest BCUT2D eigenvalue weighted by Crippen LogP contribution is 2.13. The number of benzene rings is 2. The number of aliphatic imine (C=N–C) groups is 1. The molecule has 28 heavy (non-hydrogen) atoms. The maximum Gasteiger partial charge on any atom is 0.241 e. The van der Waals surface area contributed by atoms with Gasteiger partial charge in [-0.25, -0.2) is 9.38 Å². The third kappa shape index (κ3) is 7.65. The van der Waals surface area contributed by atoms with Crippen LogP contribution >= 0.6 is 0 Å². The van der Waals surface area contributed by atoms with Gasteiger partial charge in [0.1, 0.15) is 17.7 Å². The highest BCUT2D eigenvalue weighted by molar-refractivity contribution is 5.86. The third-order valence-electron chi connectivity index (χ3n) is 3.86. The van der Waals surface area contributed by atoms with Gasteiger partial charge in [0.15, 0.2) is 5.96 Å². The van der Waals surface area contributed by atoms with Gasteiger partial charge in [0.2, 0.25) is 5.91 Å². The van der Waals surface area contributed by atoms with Crippen molar-refractivity contribution >= 4 is 11.9 Å². The summed E-state index contributed by atoms with van der Waals surface area (Å²) in [5.41, 5.74) is 1.06. The molecule has 0 radical (unpaired) electrons. The molecule has 0 bridgehead atoms. The topological polar surface area (TPSA) is 66.0 Å². The molecule has 0 aliphatic rings. The molecule has 150 valence electrons. The summed E-state index contributed by atoms with van der Waals surface area (Å²) in [7, 11) is 3.40. The van der Waals surface area contributed by atoms with Crippen LogP contribution in [0, 0.1) is 5.82 Å². The Morgan fingerprint density at radius 1 is 1.14 bits per heavy atom. The summed E-state index contributed by atoms with van der Waals surface area (Å²) in [5, 5.41) is 6.20. The molecule has 1 unspecified atom stereocenters. The fourth-order valence-corrected chi connectivity index (χ4v) is 2.30. The van der Waals surface area contributed by atoms with Crippen molar-refractivity contribution in [1.29, 1.82) is 0 Å². The Morgan fingerprint density at radius 2 is 1.89 bits per heavy atom.